The van der Waals surface area contributed by atoms with E-state index < -0.39 is 10.0 Å². The van der Waals surface area contributed by atoms with Crippen LogP contribution in [0.2, 0.25) is 5.02 Å². The third-order valence-corrected chi connectivity index (χ3v) is 6.87. The second kappa shape index (κ2) is 9.38. The molecule has 0 saturated carbocycles. The Hall–Kier alpha value is -2.78. The summed E-state index contributed by atoms with van der Waals surface area (Å²) in [5.74, 6) is -0.600. The van der Waals surface area contributed by atoms with Crippen molar-refractivity contribution in [2.75, 3.05) is 31.0 Å². The van der Waals surface area contributed by atoms with E-state index in [-0.39, 0.29) is 22.0 Å². The maximum atomic E-state index is 13.0. The van der Waals surface area contributed by atoms with E-state index in [1.54, 1.807) is 18.2 Å². The molecular formula is C23H21ClN2O5S. The molecule has 0 amide bonds. The lowest BCUT2D eigenvalue weighted by atomic mass is 9.95. The van der Waals surface area contributed by atoms with Gasteiger partial charge in [-0.15, -0.1) is 0 Å². The molecule has 2 aromatic rings. The fraction of sp³-hybridized carbons (Fsp3) is 0.217. The van der Waals surface area contributed by atoms with E-state index in [1.165, 1.54) is 42.5 Å². The summed E-state index contributed by atoms with van der Waals surface area (Å²) >= 11 is 5.89. The predicted octanol–water partition coefficient (Wildman–Crippen LogP) is 3.06. The molecule has 0 bridgehead atoms. The van der Waals surface area contributed by atoms with Gasteiger partial charge in [0.05, 0.1) is 23.8 Å². The number of ketones is 2. The Morgan fingerprint density at radius 3 is 2.44 bits per heavy atom. The number of rotatable bonds is 6. The van der Waals surface area contributed by atoms with Crippen LogP contribution in [0.1, 0.15) is 11.1 Å². The van der Waals surface area contributed by atoms with Crippen molar-refractivity contribution in [3.05, 3.63) is 76.8 Å². The van der Waals surface area contributed by atoms with Crippen LogP contribution >= 0.6 is 11.6 Å². The minimum atomic E-state index is -3.90. The SMILES string of the molecule is O=C1C=CC(=O)C(c2ccc(CN3CCOCC3)c(NS(=O)(=O)c3ccc(Cl)cc3)c2)=C1. The fourth-order valence-corrected chi connectivity index (χ4v) is 4.75. The molecular weight excluding hydrogens is 452 g/mol. The maximum Gasteiger partial charge on any atom is 0.261 e. The predicted molar refractivity (Wildman–Crippen MR) is 122 cm³/mol. The first kappa shape index (κ1) is 22.4. The summed E-state index contributed by atoms with van der Waals surface area (Å²) in [7, 11) is -3.90. The lowest BCUT2D eigenvalue weighted by molar-refractivity contribution is -0.113. The van der Waals surface area contributed by atoms with Crippen molar-refractivity contribution in [1.82, 2.24) is 4.90 Å². The molecule has 1 heterocycles. The first-order chi connectivity index (χ1) is 15.3. The Labute approximate surface area is 191 Å². The van der Waals surface area contributed by atoms with E-state index in [9.17, 15) is 18.0 Å². The lowest BCUT2D eigenvalue weighted by Gasteiger charge is -2.27. The van der Waals surface area contributed by atoms with Crippen molar-refractivity contribution in [2.24, 2.45) is 0 Å². The van der Waals surface area contributed by atoms with Gasteiger partial charge >= 0.3 is 0 Å². The molecule has 7 nitrogen and oxygen atoms in total. The smallest absolute Gasteiger partial charge is 0.261 e. The van der Waals surface area contributed by atoms with Gasteiger partial charge in [-0.2, -0.15) is 0 Å². The summed E-state index contributed by atoms with van der Waals surface area (Å²) < 4.78 is 34.1. The summed E-state index contributed by atoms with van der Waals surface area (Å²) in [6.07, 6.45) is 3.69. The van der Waals surface area contributed by atoms with Gasteiger partial charge in [-0.05, 0) is 59.7 Å². The number of hydrogen-bond donors (Lipinski definition) is 1. The Morgan fingerprint density at radius 1 is 1.00 bits per heavy atom. The maximum absolute atomic E-state index is 13.0. The van der Waals surface area contributed by atoms with Gasteiger partial charge in [0.25, 0.3) is 10.0 Å². The van der Waals surface area contributed by atoms with Crippen LogP contribution < -0.4 is 4.72 Å². The number of morpholine rings is 1. The number of ether oxygens (including phenoxy) is 1. The zero-order chi connectivity index (χ0) is 22.7. The van der Waals surface area contributed by atoms with E-state index in [4.69, 9.17) is 16.3 Å². The fourth-order valence-electron chi connectivity index (χ4n) is 3.53. The topological polar surface area (TPSA) is 92.8 Å². The molecule has 1 saturated heterocycles. The minimum Gasteiger partial charge on any atom is -0.379 e. The van der Waals surface area contributed by atoms with Gasteiger partial charge in [0.1, 0.15) is 0 Å². The first-order valence-electron chi connectivity index (χ1n) is 10.0. The van der Waals surface area contributed by atoms with Crippen LogP contribution in [-0.4, -0.2) is 51.2 Å². The number of sulfonamides is 1. The summed E-state index contributed by atoms with van der Waals surface area (Å²) in [5, 5.41) is 0.430. The average Bonchev–Trinajstić information content (AvgIpc) is 2.77. The summed E-state index contributed by atoms with van der Waals surface area (Å²) in [6, 6.07) is 11.0. The molecule has 1 aliphatic carbocycles. The summed E-state index contributed by atoms with van der Waals surface area (Å²) in [5.41, 5.74) is 1.79. The monoisotopic (exact) mass is 472 g/mol. The number of nitrogens with one attached hydrogen (secondary N) is 1. The highest BCUT2D eigenvalue weighted by Crippen LogP contribution is 2.28. The average molecular weight is 473 g/mol. The van der Waals surface area contributed by atoms with Crippen molar-refractivity contribution in [3.63, 3.8) is 0 Å². The molecule has 0 radical (unpaired) electrons. The summed E-state index contributed by atoms with van der Waals surface area (Å²) in [6.45, 7) is 3.19. The number of benzene rings is 2. The molecule has 0 unspecified atom stereocenters. The van der Waals surface area contributed by atoms with E-state index in [2.05, 4.69) is 9.62 Å². The molecule has 1 aliphatic heterocycles. The minimum absolute atomic E-state index is 0.0655. The Balaban J connectivity index is 1.71. The molecule has 0 spiro atoms. The van der Waals surface area contributed by atoms with Crippen molar-refractivity contribution in [3.8, 4) is 0 Å². The number of hydrogen-bond acceptors (Lipinski definition) is 6. The van der Waals surface area contributed by atoms with Crippen molar-refractivity contribution in [2.45, 2.75) is 11.4 Å². The van der Waals surface area contributed by atoms with Gasteiger partial charge in [0, 0.05) is 30.2 Å². The van der Waals surface area contributed by atoms with Gasteiger partial charge < -0.3 is 4.74 Å². The van der Waals surface area contributed by atoms with Gasteiger partial charge in [-0.25, -0.2) is 8.42 Å². The highest BCUT2D eigenvalue weighted by atomic mass is 35.5. The molecule has 1 N–H and O–H groups in total. The highest BCUT2D eigenvalue weighted by molar-refractivity contribution is 7.92. The molecule has 9 heteroatoms. The molecule has 4 rings (SSSR count). The standard InChI is InChI=1S/C23H21ClN2O5S/c24-18-3-6-20(7-4-18)32(29,30)25-22-13-16(21-14-19(27)5-8-23(21)28)1-2-17(22)15-26-9-11-31-12-10-26/h1-8,13-14,25H,9-12,15H2. The van der Waals surface area contributed by atoms with Gasteiger partial charge in [0.2, 0.25) is 0 Å². The zero-order valence-corrected chi connectivity index (χ0v) is 18.7. The van der Waals surface area contributed by atoms with E-state index in [0.717, 1.165) is 18.7 Å². The van der Waals surface area contributed by atoms with Crippen LogP contribution in [0.3, 0.4) is 0 Å². The van der Waals surface area contributed by atoms with E-state index in [0.29, 0.717) is 36.0 Å². The first-order valence-corrected chi connectivity index (χ1v) is 11.9. The van der Waals surface area contributed by atoms with E-state index >= 15 is 0 Å². The van der Waals surface area contributed by atoms with Gasteiger partial charge in [-0.3, -0.25) is 19.2 Å². The molecule has 32 heavy (non-hydrogen) atoms. The second-order valence-corrected chi connectivity index (χ2v) is 9.60. The quantitative estimate of drug-likeness (QED) is 0.649. The van der Waals surface area contributed by atoms with Crippen molar-refractivity contribution >= 4 is 44.5 Å². The van der Waals surface area contributed by atoms with Crippen molar-refractivity contribution in [1.29, 1.82) is 0 Å². The lowest BCUT2D eigenvalue weighted by Crippen LogP contribution is -2.35. The van der Waals surface area contributed by atoms with Crippen LogP contribution in [0, 0.1) is 0 Å². The second-order valence-electron chi connectivity index (χ2n) is 7.48. The van der Waals surface area contributed by atoms with Crippen LogP contribution in [0.25, 0.3) is 5.57 Å². The molecule has 166 valence electrons. The van der Waals surface area contributed by atoms with Crippen LogP contribution in [-0.2, 0) is 30.9 Å². The Bertz CT molecular complexity index is 1210. The van der Waals surface area contributed by atoms with Crippen LogP contribution in [0.4, 0.5) is 5.69 Å². The van der Waals surface area contributed by atoms with Crippen LogP contribution in [0.5, 0.6) is 0 Å². The van der Waals surface area contributed by atoms with E-state index in [1.807, 2.05) is 0 Å². The third kappa shape index (κ3) is 5.16. The molecule has 0 atom stereocenters. The largest absolute Gasteiger partial charge is 0.379 e. The van der Waals surface area contributed by atoms with Crippen LogP contribution in [0.15, 0.2) is 65.6 Å². The number of halogens is 1. The molecule has 2 aromatic carbocycles. The molecule has 1 fully saturated rings. The zero-order valence-electron chi connectivity index (χ0n) is 17.1. The number of carbonyl (C=O) groups excluding carboxylic acids is 2. The normalized spacial score (nSPS) is 17.3. The summed E-state index contributed by atoms with van der Waals surface area (Å²) in [4.78, 5) is 26.3. The number of anilines is 1. The molecule has 0 aromatic heterocycles. The van der Waals surface area contributed by atoms with Gasteiger partial charge in [0.15, 0.2) is 11.6 Å². The molecule has 2 aliphatic rings. The van der Waals surface area contributed by atoms with Gasteiger partial charge in [-0.1, -0.05) is 23.7 Å². The number of carbonyl (C=O) groups is 2. The number of allylic oxidation sites excluding steroid dienone is 4. The third-order valence-electron chi connectivity index (χ3n) is 5.24. The number of nitrogens with zero attached hydrogens (tertiary/aromatic N) is 1. The van der Waals surface area contributed by atoms with Crippen molar-refractivity contribution < 1.29 is 22.7 Å². The Kier molecular flexibility index (Phi) is 6.57. The Morgan fingerprint density at radius 2 is 1.72 bits per heavy atom. The highest BCUT2D eigenvalue weighted by Gasteiger charge is 2.21.